The predicted molar refractivity (Wildman–Crippen MR) is 94.0 cm³/mol. The summed E-state index contributed by atoms with van der Waals surface area (Å²) in [5.41, 5.74) is 1.19. The Hall–Kier alpha value is -1.66. The molecule has 2 aliphatic rings. The Morgan fingerprint density at radius 3 is 2.83 bits per heavy atom. The fourth-order valence-corrected chi connectivity index (χ4v) is 3.51. The largest absolute Gasteiger partial charge is 0.366 e. The van der Waals surface area contributed by atoms with Gasteiger partial charge in [0.25, 0.3) is 5.91 Å². The zero-order valence-electron chi connectivity index (χ0n) is 14.8. The molecular weight excluding hydrogens is 304 g/mol. The molecule has 1 atom stereocenters. The number of carbonyl (C=O) groups is 1. The number of carbonyl (C=O) groups excluding carboxylic acids is 1. The standard InChI is InChI=1S/C18H28N4O2/c1-20(2)17-15(7-6-8-19-17)13-21-11-12-24-16(14-21)18(23)22-9-4-3-5-10-22/h6-8,16H,3-5,9-14H2,1-2H3/t16-/m0/s1. The minimum absolute atomic E-state index is 0.165. The van der Waals surface area contributed by atoms with E-state index < -0.39 is 0 Å². The van der Waals surface area contributed by atoms with Gasteiger partial charge in [-0.2, -0.15) is 0 Å². The number of amides is 1. The van der Waals surface area contributed by atoms with Gasteiger partial charge >= 0.3 is 0 Å². The van der Waals surface area contributed by atoms with Crippen LogP contribution in [0.15, 0.2) is 18.3 Å². The molecule has 6 heteroatoms. The molecule has 0 aliphatic carbocycles. The van der Waals surface area contributed by atoms with E-state index in [4.69, 9.17) is 4.74 Å². The van der Waals surface area contributed by atoms with Crippen molar-refractivity contribution in [1.29, 1.82) is 0 Å². The molecule has 3 heterocycles. The first-order valence-electron chi connectivity index (χ1n) is 8.89. The van der Waals surface area contributed by atoms with Crippen LogP contribution in [-0.4, -0.2) is 73.7 Å². The topological polar surface area (TPSA) is 48.9 Å². The van der Waals surface area contributed by atoms with Crippen molar-refractivity contribution in [2.24, 2.45) is 0 Å². The van der Waals surface area contributed by atoms with Crippen LogP contribution >= 0.6 is 0 Å². The summed E-state index contributed by atoms with van der Waals surface area (Å²) in [5.74, 6) is 1.15. The average molecular weight is 332 g/mol. The fraction of sp³-hybridized carbons (Fsp3) is 0.667. The van der Waals surface area contributed by atoms with Crippen molar-refractivity contribution < 1.29 is 9.53 Å². The second-order valence-corrected chi connectivity index (χ2v) is 6.86. The molecule has 1 aromatic rings. The van der Waals surface area contributed by atoms with Crippen molar-refractivity contribution in [1.82, 2.24) is 14.8 Å². The maximum atomic E-state index is 12.7. The number of hydrogen-bond donors (Lipinski definition) is 0. The van der Waals surface area contributed by atoms with Crippen LogP contribution in [0.5, 0.6) is 0 Å². The van der Waals surface area contributed by atoms with E-state index in [9.17, 15) is 4.79 Å². The van der Waals surface area contributed by atoms with Gasteiger partial charge in [0.1, 0.15) is 11.9 Å². The highest BCUT2D eigenvalue weighted by Gasteiger charge is 2.31. The van der Waals surface area contributed by atoms with Crippen molar-refractivity contribution in [3.05, 3.63) is 23.9 Å². The molecule has 1 aromatic heterocycles. The highest BCUT2D eigenvalue weighted by atomic mass is 16.5. The number of rotatable bonds is 4. The fourth-order valence-electron chi connectivity index (χ4n) is 3.51. The lowest BCUT2D eigenvalue weighted by atomic mass is 10.1. The number of hydrogen-bond acceptors (Lipinski definition) is 5. The summed E-state index contributed by atoms with van der Waals surface area (Å²) in [6.07, 6.45) is 4.96. The summed E-state index contributed by atoms with van der Waals surface area (Å²) in [6, 6.07) is 4.08. The maximum Gasteiger partial charge on any atom is 0.253 e. The van der Waals surface area contributed by atoms with E-state index in [2.05, 4.69) is 16.0 Å². The Kier molecular flexibility index (Phi) is 5.68. The first-order chi connectivity index (χ1) is 11.6. The second-order valence-electron chi connectivity index (χ2n) is 6.86. The van der Waals surface area contributed by atoms with Crippen molar-refractivity contribution >= 4 is 11.7 Å². The van der Waals surface area contributed by atoms with Gasteiger partial charge in [-0.3, -0.25) is 9.69 Å². The van der Waals surface area contributed by atoms with Gasteiger partial charge < -0.3 is 14.5 Å². The van der Waals surface area contributed by atoms with Crippen LogP contribution < -0.4 is 4.90 Å². The number of aromatic nitrogens is 1. The third-order valence-electron chi connectivity index (χ3n) is 4.78. The van der Waals surface area contributed by atoms with Crippen LogP contribution in [0, 0.1) is 0 Å². The van der Waals surface area contributed by atoms with E-state index in [0.717, 1.165) is 44.8 Å². The number of nitrogens with zero attached hydrogens (tertiary/aromatic N) is 4. The molecule has 132 valence electrons. The van der Waals surface area contributed by atoms with E-state index in [-0.39, 0.29) is 12.0 Å². The summed E-state index contributed by atoms with van der Waals surface area (Å²) >= 11 is 0. The predicted octanol–water partition coefficient (Wildman–Crippen LogP) is 1.36. The molecule has 3 rings (SSSR count). The lowest BCUT2D eigenvalue weighted by Gasteiger charge is -2.36. The SMILES string of the molecule is CN(C)c1ncccc1CN1CCO[C@H](C(=O)N2CCCCC2)C1. The average Bonchev–Trinajstić information content (AvgIpc) is 2.62. The first-order valence-corrected chi connectivity index (χ1v) is 8.89. The Morgan fingerprint density at radius 2 is 2.08 bits per heavy atom. The lowest BCUT2D eigenvalue weighted by molar-refractivity contribution is -0.150. The monoisotopic (exact) mass is 332 g/mol. The number of piperidine rings is 1. The molecule has 0 spiro atoms. The first kappa shape index (κ1) is 17.2. The zero-order chi connectivity index (χ0) is 16.9. The zero-order valence-corrected chi connectivity index (χ0v) is 14.8. The van der Waals surface area contributed by atoms with Crippen LogP contribution in [0.2, 0.25) is 0 Å². The van der Waals surface area contributed by atoms with Gasteiger partial charge in [0, 0.05) is 58.6 Å². The Bertz CT molecular complexity index is 558. The molecule has 2 aliphatic heterocycles. The molecule has 0 N–H and O–H groups in total. The molecule has 2 fully saturated rings. The summed E-state index contributed by atoms with van der Waals surface area (Å²) < 4.78 is 5.78. The highest BCUT2D eigenvalue weighted by Crippen LogP contribution is 2.19. The van der Waals surface area contributed by atoms with Crippen molar-refractivity contribution in [3.8, 4) is 0 Å². The van der Waals surface area contributed by atoms with Crippen molar-refractivity contribution in [2.75, 3.05) is 51.8 Å². The van der Waals surface area contributed by atoms with Crippen molar-refractivity contribution in [3.63, 3.8) is 0 Å². The maximum absolute atomic E-state index is 12.7. The molecule has 0 radical (unpaired) electrons. The molecule has 0 unspecified atom stereocenters. The number of anilines is 1. The van der Waals surface area contributed by atoms with E-state index >= 15 is 0 Å². The summed E-state index contributed by atoms with van der Waals surface area (Å²) in [6.45, 7) is 4.69. The van der Waals surface area contributed by atoms with Crippen LogP contribution in [0.25, 0.3) is 0 Å². The Labute approximate surface area is 144 Å². The minimum Gasteiger partial charge on any atom is -0.366 e. The Balaban J connectivity index is 1.62. The molecule has 24 heavy (non-hydrogen) atoms. The van der Waals surface area contributed by atoms with E-state index in [0.29, 0.717) is 13.2 Å². The summed E-state index contributed by atoms with van der Waals surface area (Å²) in [5, 5.41) is 0. The molecular formula is C18H28N4O2. The molecule has 2 saturated heterocycles. The second kappa shape index (κ2) is 7.94. The van der Waals surface area contributed by atoms with Gasteiger partial charge in [0.15, 0.2) is 0 Å². The van der Waals surface area contributed by atoms with Gasteiger partial charge in [-0.15, -0.1) is 0 Å². The van der Waals surface area contributed by atoms with Crippen LogP contribution in [0.4, 0.5) is 5.82 Å². The van der Waals surface area contributed by atoms with E-state index in [1.165, 1.54) is 12.0 Å². The minimum atomic E-state index is -0.323. The van der Waals surface area contributed by atoms with Crippen LogP contribution in [0.3, 0.4) is 0 Å². The Morgan fingerprint density at radius 1 is 1.29 bits per heavy atom. The number of pyridine rings is 1. The van der Waals surface area contributed by atoms with Gasteiger partial charge in [0.05, 0.1) is 6.61 Å². The number of likely N-dealkylation sites (tertiary alicyclic amines) is 1. The van der Waals surface area contributed by atoms with Gasteiger partial charge in [-0.05, 0) is 25.3 Å². The van der Waals surface area contributed by atoms with E-state index in [1.807, 2.05) is 36.2 Å². The van der Waals surface area contributed by atoms with Gasteiger partial charge in [-0.25, -0.2) is 4.98 Å². The number of morpholine rings is 1. The van der Waals surface area contributed by atoms with Gasteiger partial charge in [-0.1, -0.05) is 6.07 Å². The summed E-state index contributed by atoms with van der Waals surface area (Å²) in [4.78, 5) is 23.5. The van der Waals surface area contributed by atoms with Crippen molar-refractivity contribution in [2.45, 2.75) is 31.9 Å². The quantitative estimate of drug-likeness (QED) is 0.833. The number of ether oxygens (including phenoxy) is 1. The smallest absolute Gasteiger partial charge is 0.253 e. The highest BCUT2D eigenvalue weighted by molar-refractivity contribution is 5.81. The summed E-state index contributed by atoms with van der Waals surface area (Å²) in [7, 11) is 4.02. The van der Waals surface area contributed by atoms with Gasteiger partial charge in [0.2, 0.25) is 0 Å². The van der Waals surface area contributed by atoms with Crippen LogP contribution in [-0.2, 0) is 16.1 Å². The van der Waals surface area contributed by atoms with E-state index in [1.54, 1.807) is 0 Å². The molecule has 0 aromatic carbocycles. The van der Waals surface area contributed by atoms with Crippen LogP contribution in [0.1, 0.15) is 24.8 Å². The molecule has 1 amide bonds. The molecule has 0 bridgehead atoms. The lowest BCUT2D eigenvalue weighted by Crippen LogP contribution is -2.51. The normalized spacial score (nSPS) is 22.4. The molecule has 6 nitrogen and oxygen atoms in total. The molecule has 0 saturated carbocycles. The third kappa shape index (κ3) is 4.05. The third-order valence-corrected chi connectivity index (χ3v) is 4.78.